The number of fused-ring (bicyclic) bond motifs is 1. The smallest absolute Gasteiger partial charge is 0.279 e. The fourth-order valence-corrected chi connectivity index (χ4v) is 4.08. The molecule has 7 nitrogen and oxygen atoms in total. The van der Waals surface area contributed by atoms with Crippen LogP contribution in [0.3, 0.4) is 0 Å². The van der Waals surface area contributed by atoms with E-state index in [0.717, 1.165) is 0 Å². The molecule has 3 rings (SSSR count). The predicted molar refractivity (Wildman–Crippen MR) is 90.5 cm³/mol. The topological polar surface area (TPSA) is 93.0 Å². The number of H-pyrrole nitrogens is 1. The van der Waals surface area contributed by atoms with Crippen molar-refractivity contribution in [2.45, 2.75) is 47.0 Å². The summed E-state index contributed by atoms with van der Waals surface area (Å²) in [4.78, 5) is 23.4. The van der Waals surface area contributed by atoms with Crippen LogP contribution in [0.2, 0.25) is 0 Å². The van der Waals surface area contributed by atoms with Gasteiger partial charge in [-0.15, -0.1) is 0 Å². The molecule has 1 aliphatic rings. The first-order chi connectivity index (χ1) is 11.3. The maximum atomic E-state index is 12.1. The van der Waals surface area contributed by atoms with E-state index < -0.39 is 0 Å². The van der Waals surface area contributed by atoms with Crippen molar-refractivity contribution >= 4 is 11.2 Å². The molecule has 0 bridgehead atoms. The van der Waals surface area contributed by atoms with Crippen LogP contribution >= 0.6 is 0 Å². The molecule has 4 atom stereocenters. The summed E-state index contributed by atoms with van der Waals surface area (Å²) in [5, 5.41) is 9.78. The lowest BCUT2D eigenvalue weighted by Crippen LogP contribution is -2.31. The number of aromatic nitrogens is 4. The van der Waals surface area contributed by atoms with Crippen molar-refractivity contribution in [2.24, 2.45) is 23.7 Å². The number of nitrogens with zero attached hydrogens (tertiary/aromatic N) is 3. The number of imidazole rings is 1. The van der Waals surface area contributed by atoms with Gasteiger partial charge in [0.05, 0.1) is 19.0 Å². The Morgan fingerprint density at radius 3 is 2.54 bits per heavy atom. The Kier molecular flexibility index (Phi) is 4.48. The molecule has 7 heteroatoms. The summed E-state index contributed by atoms with van der Waals surface area (Å²) in [6.45, 7) is 10.4. The van der Waals surface area contributed by atoms with Crippen molar-refractivity contribution < 1.29 is 9.84 Å². The van der Waals surface area contributed by atoms with E-state index >= 15 is 0 Å². The van der Waals surface area contributed by atoms with Crippen molar-refractivity contribution in [1.29, 1.82) is 0 Å². The zero-order valence-electron chi connectivity index (χ0n) is 14.9. The zero-order valence-corrected chi connectivity index (χ0v) is 14.9. The van der Waals surface area contributed by atoms with E-state index in [-0.39, 0.29) is 36.3 Å². The van der Waals surface area contributed by atoms with Crippen LogP contribution in [0.4, 0.5) is 0 Å². The van der Waals surface area contributed by atoms with Gasteiger partial charge in [-0.1, -0.05) is 27.7 Å². The molecule has 0 saturated carbocycles. The summed E-state index contributed by atoms with van der Waals surface area (Å²) < 4.78 is 8.07. The molecule has 0 amide bonds. The molecule has 2 N–H and O–H groups in total. The molecule has 1 aliphatic heterocycles. The number of hydrogen-bond acceptors (Lipinski definition) is 5. The fourth-order valence-electron chi connectivity index (χ4n) is 4.08. The van der Waals surface area contributed by atoms with Gasteiger partial charge >= 0.3 is 0 Å². The molecule has 1 fully saturated rings. The van der Waals surface area contributed by atoms with E-state index in [1.165, 1.54) is 0 Å². The van der Waals surface area contributed by atoms with Gasteiger partial charge in [0.2, 0.25) is 0 Å². The number of hydrogen-bond donors (Lipinski definition) is 2. The van der Waals surface area contributed by atoms with E-state index in [9.17, 15) is 9.90 Å². The van der Waals surface area contributed by atoms with Gasteiger partial charge in [-0.3, -0.25) is 9.36 Å². The van der Waals surface area contributed by atoms with Crippen molar-refractivity contribution in [1.82, 2.24) is 19.5 Å². The van der Waals surface area contributed by atoms with Gasteiger partial charge < -0.3 is 14.8 Å². The Bertz CT molecular complexity index is 780. The standard InChI is InChI=1S/C17H26N4O3/c1-8(2)12-11(6-22)24-17(13(12)9(3)4)21-7-18-14-15(21)19-10(5)20-16(14)23/h7-9,11-13,17,22H,6H2,1-5H3,(H,19,20,23)/t11-,12?,13?,17-/m1/s1. The normalized spacial score (nSPS) is 27.7. The molecule has 2 aromatic rings. The highest BCUT2D eigenvalue weighted by molar-refractivity contribution is 5.69. The van der Waals surface area contributed by atoms with Crippen LogP contribution in [0, 0.1) is 30.6 Å². The quantitative estimate of drug-likeness (QED) is 0.890. The molecule has 132 valence electrons. The first kappa shape index (κ1) is 17.1. The molecule has 1 saturated heterocycles. The largest absolute Gasteiger partial charge is 0.394 e. The van der Waals surface area contributed by atoms with Crippen LogP contribution in [0.5, 0.6) is 0 Å². The number of aromatic amines is 1. The molecule has 3 heterocycles. The molecular formula is C17H26N4O3. The number of nitrogens with one attached hydrogen (secondary N) is 1. The predicted octanol–water partition coefficient (Wildman–Crippen LogP) is 1.86. The lowest BCUT2D eigenvalue weighted by molar-refractivity contribution is -0.0405. The number of aliphatic hydroxyl groups is 1. The van der Waals surface area contributed by atoms with Gasteiger partial charge in [-0.05, 0) is 24.7 Å². The number of ether oxygens (including phenoxy) is 1. The minimum absolute atomic E-state index is 0.0117. The summed E-state index contributed by atoms with van der Waals surface area (Å²) in [5.41, 5.74) is 0.614. The van der Waals surface area contributed by atoms with E-state index in [1.54, 1.807) is 13.3 Å². The Hall–Kier alpha value is -1.73. The molecular weight excluding hydrogens is 308 g/mol. The minimum atomic E-state index is -0.284. The van der Waals surface area contributed by atoms with Crippen LogP contribution in [0.25, 0.3) is 11.2 Å². The molecule has 0 spiro atoms. The molecule has 0 radical (unpaired) electrons. The van der Waals surface area contributed by atoms with E-state index in [1.807, 2.05) is 4.57 Å². The van der Waals surface area contributed by atoms with Crippen LogP contribution in [0.15, 0.2) is 11.1 Å². The summed E-state index contributed by atoms with van der Waals surface area (Å²) >= 11 is 0. The molecule has 0 aliphatic carbocycles. The monoisotopic (exact) mass is 334 g/mol. The first-order valence-electron chi connectivity index (χ1n) is 8.55. The van der Waals surface area contributed by atoms with Crippen molar-refractivity contribution in [3.63, 3.8) is 0 Å². The third-order valence-corrected chi connectivity index (χ3v) is 5.06. The average Bonchev–Trinajstić information content (AvgIpc) is 3.07. The van der Waals surface area contributed by atoms with Crippen molar-refractivity contribution in [3.8, 4) is 0 Å². The third kappa shape index (κ3) is 2.65. The highest BCUT2D eigenvalue weighted by Gasteiger charge is 2.48. The van der Waals surface area contributed by atoms with Gasteiger partial charge in [0.25, 0.3) is 5.56 Å². The summed E-state index contributed by atoms with van der Waals surface area (Å²) in [6, 6.07) is 0. The number of aliphatic hydroxyl groups excluding tert-OH is 1. The van der Waals surface area contributed by atoms with Gasteiger partial charge in [0.1, 0.15) is 12.1 Å². The molecule has 2 aromatic heterocycles. The summed E-state index contributed by atoms with van der Waals surface area (Å²) in [7, 11) is 0. The Morgan fingerprint density at radius 1 is 1.29 bits per heavy atom. The second-order valence-electron chi connectivity index (χ2n) is 7.37. The van der Waals surface area contributed by atoms with Crippen molar-refractivity contribution in [3.05, 3.63) is 22.5 Å². The highest BCUT2D eigenvalue weighted by Crippen LogP contribution is 2.47. The zero-order chi connectivity index (χ0) is 17.6. The molecule has 0 aromatic carbocycles. The second-order valence-corrected chi connectivity index (χ2v) is 7.37. The second kappa shape index (κ2) is 6.29. The number of aryl methyl sites for hydroxylation is 1. The van der Waals surface area contributed by atoms with E-state index in [4.69, 9.17) is 4.74 Å². The highest BCUT2D eigenvalue weighted by atomic mass is 16.5. The first-order valence-corrected chi connectivity index (χ1v) is 8.55. The van der Waals surface area contributed by atoms with Crippen LogP contribution in [0.1, 0.15) is 39.7 Å². The summed E-state index contributed by atoms with van der Waals surface area (Å²) in [6.07, 6.45) is 1.12. The Morgan fingerprint density at radius 2 is 1.96 bits per heavy atom. The third-order valence-electron chi connectivity index (χ3n) is 5.06. The maximum absolute atomic E-state index is 12.1. The number of rotatable bonds is 4. The van der Waals surface area contributed by atoms with E-state index in [2.05, 4.69) is 42.6 Å². The maximum Gasteiger partial charge on any atom is 0.279 e. The average molecular weight is 334 g/mol. The van der Waals surface area contributed by atoms with Crippen LogP contribution in [-0.2, 0) is 4.74 Å². The lowest BCUT2D eigenvalue weighted by atomic mass is 9.75. The van der Waals surface area contributed by atoms with Crippen molar-refractivity contribution in [2.75, 3.05) is 6.61 Å². The Balaban J connectivity index is 2.12. The van der Waals surface area contributed by atoms with Gasteiger partial charge in [0.15, 0.2) is 11.2 Å². The van der Waals surface area contributed by atoms with Crippen LogP contribution in [-0.4, -0.2) is 37.3 Å². The van der Waals surface area contributed by atoms with Gasteiger partial charge in [-0.25, -0.2) is 9.97 Å². The van der Waals surface area contributed by atoms with E-state index in [0.29, 0.717) is 28.8 Å². The fraction of sp³-hybridized carbons (Fsp3) is 0.706. The molecule has 24 heavy (non-hydrogen) atoms. The minimum Gasteiger partial charge on any atom is -0.394 e. The van der Waals surface area contributed by atoms with Crippen LogP contribution < -0.4 is 5.56 Å². The molecule has 2 unspecified atom stereocenters. The lowest BCUT2D eigenvalue weighted by Gasteiger charge is -2.30. The van der Waals surface area contributed by atoms with Gasteiger partial charge in [0, 0.05) is 5.92 Å². The Labute approximate surface area is 141 Å². The summed E-state index contributed by atoms with van der Waals surface area (Å²) in [5.74, 6) is 1.74. The SMILES string of the molecule is Cc1nc2c(ncn2[C@@H]2O[C@H](CO)C(C(C)C)C2C(C)C)c(=O)[nH]1. The van der Waals surface area contributed by atoms with Gasteiger partial charge in [-0.2, -0.15) is 0 Å².